The first kappa shape index (κ1) is 21.0. The molecule has 0 saturated carbocycles. The van der Waals surface area contributed by atoms with E-state index in [9.17, 15) is 19.2 Å². The summed E-state index contributed by atoms with van der Waals surface area (Å²) in [7, 11) is 2.92. The number of carbonyl (C=O) groups excluding carboxylic acids is 4. The van der Waals surface area contributed by atoms with Crippen LogP contribution in [0.15, 0.2) is 24.5 Å². The first-order valence-corrected chi connectivity index (χ1v) is 7.92. The molecule has 6 N–H and O–H groups in total. The van der Waals surface area contributed by atoms with Gasteiger partial charge in [-0.2, -0.15) is 0 Å². The maximum atomic E-state index is 12.6. The summed E-state index contributed by atoms with van der Waals surface area (Å²) in [5, 5.41) is 5.27. The lowest BCUT2D eigenvalue weighted by atomic mass is 10.1. The number of nitrogens with one attached hydrogen (secondary N) is 2. The summed E-state index contributed by atoms with van der Waals surface area (Å²) in [6.45, 7) is -0.283. The van der Waals surface area contributed by atoms with E-state index in [4.69, 9.17) is 11.5 Å². The van der Waals surface area contributed by atoms with Gasteiger partial charge in [-0.15, -0.1) is 0 Å². The molecule has 0 spiro atoms. The maximum absolute atomic E-state index is 12.6. The number of hydrogen-bond donors (Lipinski definition) is 4. The quantitative estimate of drug-likeness (QED) is 0.359. The van der Waals surface area contributed by atoms with E-state index in [0.29, 0.717) is 0 Å². The van der Waals surface area contributed by atoms with Gasteiger partial charge in [0.2, 0.25) is 23.6 Å². The van der Waals surface area contributed by atoms with Crippen molar-refractivity contribution < 1.29 is 19.2 Å². The molecule has 0 aliphatic heterocycles. The van der Waals surface area contributed by atoms with Crippen LogP contribution in [0.25, 0.3) is 0 Å². The van der Waals surface area contributed by atoms with E-state index < -0.39 is 35.7 Å². The van der Waals surface area contributed by atoms with Crippen LogP contribution in [0.4, 0.5) is 0 Å². The van der Waals surface area contributed by atoms with Crippen LogP contribution in [0.3, 0.4) is 0 Å². The number of aromatic nitrogens is 1. The second kappa shape index (κ2) is 10.1. The van der Waals surface area contributed by atoms with Gasteiger partial charge >= 0.3 is 0 Å². The second-order valence-corrected chi connectivity index (χ2v) is 5.80. The van der Waals surface area contributed by atoms with E-state index in [-0.39, 0.29) is 19.4 Å². The molecule has 0 fully saturated rings. The highest BCUT2D eigenvalue weighted by molar-refractivity contribution is 5.93. The SMILES string of the molecule is CN[C@@H](CC(N)=O)C(=O)N[C@@H](Cc1cccnc1)C(=O)N(C)CC(N)=O. The molecule has 1 aromatic heterocycles. The van der Waals surface area contributed by atoms with Crippen molar-refractivity contribution in [3.05, 3.63) is 30.1 Å². The van der Waals surface area contributed by atoms with Gasteiger partial charge in [0.25, 0.3) is 0 Å². The van der Waals surface area contributed by atoms with Gasteiger partial charge in [0.15, 0.2) is 0 Å². The molecule has 4 amide bonds. The van der Waals surface area contributed by atoms with E-state index in [1.807, 2.05) is 0 Å². The summed E-state index contributed by atoms with van der Waals surface area (Å²) in [5.41, 5.74) is 11.0. The first-order chi connectivity index (χ1) is 12.2. The fraction of sp³-hybridized carbons (Fsp3) is 0.438. The molecule has 0 radical (unpaired) electrons. The zero-order valence-corrected chi connectivity index (χ0v) is 14.8. The van der Waals surface area contributed by atoms with Gasteiger partial charge in [-0.05, 0) is 18.7 Å². The Kier molecular flexibility index (Phi) is 8.16. The van der Waals surface area contributed by atoms with E-state index in [0.717, 1.165) is 10.5 Å². The minimum atomic E-state index is -0.959. The van der Waals surface area contributed by atoms with Crippen molar-refractivity contribution in [3.63, 3.8) is 0 Å². The lowest BCUT2D eigenvalue weighted by Gasteiger charge is -2.25. The Morgan fingerprint density at radius 3 is 2.38 bits per heavy atom. The summed E-state index contributed by atoms with van der Waals surface area (Å²) in [4.78, 5) is 52.3. The minimum absolute atomic E-state index is 0.161. The second-order valence-electron chi connectivity index (χ2n) is 5.80. The molecule has 1 rings (SSSR count). The third-order valence-corrected chi connectivity index (χ3v) is 3.62. The summed E-state index contributed by atoms with van der Waals surface area (Å²) in [6, 6.07) is 1.62. The Bertz CT molecular complexity index is 651. The van der Waals surface area contributed by atoms with Gasteiger partial charge in [0.05, 0.1) is 19.0 Å². The number of carbonyl (C=O) groups is 4. The third kappa shape index (κ3) is 6.85. The van der Waals surface area contributed by atoms with Gasteiger partial charge in [-0.25, -0.2) is 0 Å². The average Bonchev–Trinajstić information content (AvgIpc) is 2.58. The Morgan fingerprint density at radius 1 is 1.19 bits per heavy atom. The van der Waals surface area contributed by atoms with Crippen LogP contribution in [0.1, 0.15) is 12.0 Å². The minimum Gasteiger partial charge on any atom is -0.370 e. The molecule has 0 saturated heterocycles. The van der Waals surface area contributed by atoms with E-state index in [1.165, 1.54) is 14.1 Å². The molecule has 0 unspecified atom stereocenters. The Hall–Kier alpha value is -3.01. The monoisotopic (exact) mass is 364 g/mol. The number of rotatable bonds is 10. The van der Waals surface area contributed by atoms with Crippen LogP contribution in [0.5, 0.6) is 0 Å². The first-order valence-electron chi connectivity index (χ1n) is 7.92. The molecule has 0 aliphatic carbocycles. The molecule has 0 aromatic carbocycles. The fourth-order valence-corrected chi connectivity index (χ4v) is 2.33. The van der Waals surface area contributed by atoms with E-state index in [1.54, 1.807) is 24.5 Å². The largest absolute Gasteiger partial charge is 0.370 e. The van der Waals surface area contributed by atoms with Gasteiger partial charge in [0, 0.05) is 25.9 Å². The van der Waals surface area contributed by atoms with Gasteiger partial charge < -0.3 is 27.0 Å². The van der Waals surface area contributed by atoms with Gasteiger partial charge in [-0.3, -0.25) is 24.2 Å². The van der Waals surface area contributed by atoms with Crippen molar-refractivity contribution in [2.24, 2.45) is 11.5 Å². The molecule has 0 aliphatic rings. The zero-order chi connectivity index (χ0) is 19.7. The lowest BCUT2D eigenvalue weighted by Crippen LogP contribution is -2.54. The van der Waals surface area contributed by atoms with Crippen LogP contribution in [0.2, 0.25) is 0 Å². The van der Waals surface area contributed by atoms with Crippen molar-refractivity contribution in [1.29, 1.82) is 0 Å². The predicted octanol–water partition coefficient (Wildman–Crippen LogP) is -2.48. The number of amides is 4. The van der Waals surface area contributed by atoms with Crippen molar-refractivity contribution in [1.82, 2.24) is 20.5 Å². The summed E-state index contributed by atoms with van der Waals surface area (Å²) < 4.78 is 0. The maximum Gasteiger partial charge on any atom is 0.245 e. The Balaban J connectivity index is 2.95. The number of primary amides is 2. The number of nitrogens with zero attached hydrogens (tertiary/aromatic N) is 2. The van der Waals surface area contributed by atoms with E-state index >= 15 is 0 Å². The molecule has 0 bridgehead atoms. The molecular weight excluding hydrogens is 340 g/mol. The summed E-state index contributed by atoms with van der Waals surface area (Å²) >= 11 is 0. The number of nitrogens with two attached hydrogens (primary N) is 2. The molecule has 1 heterocycles. The van der Waals surface area contributed by atoms with Crippen molar-refractivity contribution >= 4 is 23.6 Å². The predicted molar refractivity (Wildman–Crippen MR) is 93.4 cm³/mol. The average molecular weight is 364 g/mol. The molecule has 10 heteroatoms. The fourth-order valence-electron chi connectivity index (χ4n) is 2.33. The molecule has 142 valence electrons. The highest BCUT2D eigenvalue weighted by Gasteiger charge is 2.28. The Labute approximate surface area is 151 Å². The number of pyridine rings is 1. The van der Waals surface area contributed by atoms with Crippen LogP contribution < -0.4 is 22.1 Å². The molecule has 1 aromatic rings. The zero-order valence-electron chi connectivity index (χ0n) is 14.8. The van der Waals surface area contributed by atoms with Crippen molar-refractivity contribution in [2.75, 3.05) is 20.6 Å². The third-order valence-electron chi connectivity index (χ3n) is 3.62. The smallest absolute Gasteiger partial charge is 0.245 e. The highest BCUT2D eigenvalue weighted by Crippen LogP contribution is 2.05. The molecular formula is C16H24N6O4. The standard InChI is InChI=1S/C16H24N6O4/c1-19-11(7-13(17)23)15(25)21-12(6-10-4-3-5-20-8-10)16(26)22(2)9-14(18)24/h3-5,8,11-12,19H,6-7,9H2,1-2H3,(H2,17,23)(H2,18,24)(H,21,25)/t11-,12-/m0/s1. The van der Waals surface area contributed by atoms with Gasteiger partial charge in [-0.1, -0.05) is 6.07 Å². The number of likely N-dealkylation sites (N-methyl/N-ethyl adjacent to an activating group) is 2. The van der Waals surface area contributed by atoms with Crippen LogP contribution in [-0.4, -0.2) is 66.2 Å². The van der Waals surface area contributed by atoms with Crippen LogP contribution >= 0.6 is 0 Å². The molecule has 26 heavy (non-hydrogen) atoms. The lowest BCUT2D eigenvalue weighted by molar-refractivity contribution is -0.138. The van der Waals surface area contributed by atoms with Gasteiger partial charge in [0.1, 0.15) is 6.04 Å². The topological polar surface area (TPSA) is 161 Å². The summed E-state index contributed by atoms with van der Waals surface area (Å²) in [6.07, 6.45) is 3.10. The number of hydrogen-bond acceptors (Lipinski definition) is 6. The van der Waals surface area contributed by atoms with Crippen LogP contribution in [-0.2, 0) is 25.6 Å². The summed E-state index contributed by atoms with van der Waals surface area (Å²) in [5.74, 6) is -2.37. The van der Waals surface area contributed by atoms with Crippen molar-refractivity contribution in [2.45, 2.75) is 24.9 Å². The Morgan fingerprint density at radius 2 is 1.88 bits per heavy atom. The highest BCUT2D eigenvalue weighted by atomic mass is 16.2. The van der Waals surface area contributed by atoms with E-state index in [2.05, 4.69) is 15.6 Å². The van der Waals surface area contributed by atoms with Crippen molar-refractivity contribution in [3.8, 4) is 0 Å². The normalized spacial score (nSPS) is 12.7. The molecule has 10 nitrogen and oxygen atoms in total. The van der Waals surface area contributed by atoms with Crippen LogP contribution in [0, 0.1) is 0 Å². The molecule has 2 atom stereocenters.